The Hall–Kier alpha value is -1.04. The summed E-state index contributed by atoms with van der Waals surface area (Å²) in [6.45, 7) is 8.41. The maximum atomic E-state index is 3.98. The van der Waals surface area contributed by atoms with Gasteiger partial charge in [0.05, 0.1) is 0 Å². The minimum absolute atomic E-state index is 0.646. The van der Waals surface area contributed by atoms with Gasteiger partial charge in [0.2, 0.25) is 0 Å². The third-order valence-corrected chi connectivity index (χ3v) is 2.16. The SMILES string of the molecule is C=c1cccc/c1=C/C(C)CC. The number of hydrogen-bond donors (Lipinski definition) is 0. The molecule has 0 heterocycles. The Labute approximate surface area is 74.2 Å². The van der Waals surface area contributed by atoms with Gasteiger partial charge in [0, 0.05) is 0 Å². The Balaban J connectivity index is 3.10. The van der Waals surface area contributed by atoms with Crippen molar-refractivity contribution in [2.45, 2.75) is 20.3 Å². The molecule has 0 aromatic heterocycles. The molecule has 0 heteroatoms. The standard InChI is InChI=1S/C12H16/c1-4-10(2)9-12-8-6-5-7-11(12)3/h5-10H,3-4H2,1-2H3/b12-9-. The van der Waals surface area contributed by atoms with Crippen molar-refractivity contribution < 1.29 is 0 Å². The summed E-state index contributed by atoms with van der Waals surface area (Å²) in [6, 6.07) is 8.25. The fourth-order valence-corrected chi connectivity index (χ4v) is 1.12. The molecule has 0 saturated heterocycles. The van der Waals surface area contributed by atoms with E-state index in [-0.39, 0.29) is 0 Å². The van der Waals surface area contributed by atoms with Gasteiger partial charge in [-0.3, -0.25) is 0 Å². The van der Waals surface area contributed by atoms with E-state index in [0.717, 1.165) is 5.22 Å². The van der Waals surface area contributed by atoms with Crippen molar-refractivity contribution in [2.75, 3.05) is 0 Å². The van der Waals surface area contributed by atoms with Crippen molar-refractivity contribution in [3.8, 4) is 0 Å². The van der Waals surface area contributed by atoms with Gasteiger partial charge in [0.25, 0.3) is 0 Å². The number of hydrogen-bond acceptors (Lipinski definition) is 0. The fourth-order valence-electron chi connectivity index (χ4n) is 1.12. The van der Waals surface area contributed by atoms with Gasteiger partial charge in [-0.15, -0.1) is 0 Å². The van der Waals surface area contributed by atoms with Crippen LogP contribution in [0.5, 0.6) is 0 Å². The van der Waals surface area contributed by atoms with E-state index in [2.05, 4.69) is 38.6 Å². The molecule has 1 atom stereocenters. The molecule has 1 unspecified atom stereocenters. The van der Waals surface area contributed by atoms with Crippen LogP contribution < -0.4 is 10.4 Å². The highest BCUT2D eigenvalue weighted by Gasteiger charge is 1.90. The zero-order valence-electron chi connectivity index (χ0n) is 7.88. The van der Waals surface area contributed by atoms with Crippen LogP contribution >= 0.6 is 0 Å². The predicted molar refractivity (Wildman–Crippen MR) is 55.1 cm³/mol. The highest BCUT2D eigenvalue weighted by molar-refractivity contribution is 5.28. The summed E-state index contributed by atoms with van der Waals surface area (Å²) in [5.74, 6) is 0.646. The molecular formula is C12H16. The van der Waals surface area contributed by atoms with Gasteiger partial charge in [0.15, 0.2) is 0 Å². The summed E-state index contributed by atoms with van der Waals surface area (Å²) < 4.78 is 0. The maximum absolute atomic E-state index is 3.98. The van der Waals surface area contributed by atoms with Crippen molar-refractivity contribution in [1.29, 1.82) is 0 Å². The van der Waals surface area contributed by atoms with E-state index in [0.29, 0.717) is 5.92 Å². The summed E-state index contributed by atoms with van der Waals surface area (Å²) in [5.41, 5.74) is 0. The molecule has 0 aliphatic rings. The molecule has 1 rings (SSSR count). The minimum atomic E-state index is 0.646. The molecule has 0 bridgehead atoms. The first kappa shape index (κ1) is 9.05. The molecule has 1 aromatic carbocycles. The summed E-state index contributed by atoms with van der Waals surface area (Å²) in [4.78, 5) is 0. The first-order valence-electron chi connectivity index (χ1n) is 4.50. The molecule has 12 heavy (non-hydrogen) atoms. The Bertz CT molecular complexity index is 335. The van der Waals surface area contributed by atoms with Crippen LogP contribution in [0.2, 0.25) is 0 Å². The lowest BCUT2D eigenvalue weighted by molar-refractivity contribution is 0.734. The van der Waals surface area contributed by atoms with Gasteiger partial charge in [0.1, 0.15) is 0 Å². The van der Waals surface area contributed by atoms with Gasteiger partial charge in [-0.2, -0.15) is 0 Å². The van der Waals surface area contributed by atoms with Gasteiger partial charge in [-0.05, 0) is 16.4 Å². The fraction of sp³-hybridized carbons (Fsp3) is 0.333. The van der Waals surface area contributed by atoms with Crippen molar-refractivity contribution in [3.63, 3.8) is 0 Å². The largest absolute Gasteiger partial charge is 0.0912 e. The Morgan fingerprint density at radius 3 is 2.67 bits per heavy atom. The van der Waals surface area contributed by atoms with Crippen molar-refractivity contribution in [3.05, 3.63) is 34.7 Å². The molecule has 0 aliphatic carbocycles. The summed E-state index contributed by atoms with van der Waals surface area (Å²) in [7, 11) is 0. The van der Waals surface area contributed by atoms with Crippen LogP contribution in [0.1, 0.15) is 20.3 Å². The van der Waals surface area contributed by atoms with E-state index in [9.17, 15) is 0 Å². The van der Waals surface area contributed by atoms with Gasteiger partial charge in [-0.1, -0.05) is 57.2 Å². The van der Waals surface area contributed by atoms with E-state index in [1.807, 2.05) is 12.1 Å². The Morgan fingerprint density at radius 2 is 2.08 bits per heavy atom. The molecule has 0 radical (unpaired) electrons. The normalized spacial score (nSPS) is 14.7. The van der Waals surface area contributed by atoms with E-state index in [4.69, 9.17) is 0 Å². The second-order valence-corrected chi connectivity index (χ2v) is 3.25. The summed E-state index contributed by atoms with van der Waals surface area (Å²) >= 11 is 0. The van der Waals surface area contributed by atoms with Crippen LogP contribution in [0.25, 0.3) is 12.7 Å². The average molecular weight is 160 g/mol. The third kappa shape index (κ3) is 2.23. The van der Waals surface area contributed by atoms with E-state index in [1.165, 1.54) is 11.6 Å². The quantitative estimate of drug-likeness (QED) is 0.620. The van der Waals surface area contributed by atoms with Crippen LogP contribution in [-0.2, 0) is 0 Å². The van der Waals surface area contributed by atoms with Crippen LogP contribution in [-0.4, -0.2) is 0 Å². The van der Waals surface area contributed by atoms with Crippen molar-refractivity contribution in [1.82, 2.24) is 0 Å². The zero-order chi connectivity index (χ0) is 8.97. The lowest BCUT2D eigenvalue weighted by atomic mass is 10.1. The lowest BCUT2D eigenvalue weighted by Crippen LogP contribution is -2.22. The summed E-state index contributed by atoms with van der Waals surface area (Å²) in [5, 5.41) is 2.39. The van der Waals surface area contributed by atoms with Crippen LogP contribution in [0.4, 0.5) is 0 Å². The second-order valence-electron chi connectivity index (χ2n) is 3.25. The smallest absolute Gasteiger partial charge is 0.0227 e. The molecule has 0 nitrogen and oxygen atoms in total. The Kier molecular flexibility index (Phi) is 3.09. The van der Waals surface area contributed by atoms with Crippen LogP contribution in [0, 0.1) is 5.92 Å². The molecular weight excluding hydrogens is 144 g/mol. The predicted octanol–water partition coefficient (Wildman–Crippen LogP) is 1.92. The van der Waals surface area contributed by atoms with Gasteiger partial charge < -0.3 is 0 Å². The average Bonchev–Trinajstić information content (AvgIpc) is 2.09. The van der Waals surface area contributed by atoms with Crippen molar-refractivity contribution in [2.24, 2.45) is 5.92 Å². The highest BCUT2D eigenvalue weighted by atomic mass is 14.0. The molecule has 1 aromatic rings. The first-order valence-corrected chi connectivity index (χ1v) is 4.50. The molecule has 64 valence electrons. The number of benzene rings is 1. The monoisotopic (exact) mass is 160 g/mol. The molecule has 0 saturated carbocycles. The lowest BCUT2D eigenvalue weighted by Gasteiger charge is -1.98. The second kappa shape index (κ2) is 4.10. The maximum Gasteiger partial charge on any atom is -0.0227 e. The molecule has 0 spiro atoms. The third-order valence-electron chi connectivity index (χ3n) is 2.16. The summed E-state index contributed by atoms with van der Waals surface area (Å²) in [6.07, 6.45) is 3.47. The van der Waals surface area contributed by atoms with Crippen LogP contribution in [0.3, 0.4) is 0 Å². The van der Waals surface area contributed by atoms with Crippen LogP contribution in [0.15, 0.2) is 24.3 Å². The molecule has 0 aliphatic heterocycles. The van der Waals surface area contributed by atoms with Gasteiger partial charge >= 0.3 is 0 Å². The first-order chi connectivity index (χ1) is 5.74. The minimum Gasteiger partial charge on any atom is -0.0912 e. The highest BCUT2D eigenvalue weighted by Crippen LogP contribution is 1.99. The Morgan fingerprint density at radius 1 is 1.42 bits per heavy atom. The topological polar surface area (TPSA) is 0 Å². The number of rotatable bonds is 2. The van der Waals surface area contributed by atoms with Crippen molar-refractivity contribution >= 4 is 12.7 Å². The molecule has 0 N–H and O–H groups in total. The van der Waals surface area contributed by atoms with E-state index < -0.39 is 0 Å². The van der Waals surface area contributed by atoms with Gasteiger partial charge in [-0.25, -0.2) is 0 Å². The van der Waals surface area contributed by atoms with E-state index in [1.54, 1.807) is 0 Å². The molecule has 0 amide bonds. The molecule has 0 fully saturated rings. The zero-order valence-corrected chi connectivity index (χ0v) is 7.88. The van der Waals surface area contributed by atoms with E-state index >= 15 is 0 Å².